The Morgan fingerprint density at radius 2 is 2.12 bits per heavy atom. The van der Waals surface area contributed by atoms with Crippen LogP contribution in [0, 0.1) is 5.41 Å². The van der Waals surface area contributed by atoms with Gasteiger partial charge in [0.15, 0.2) is 5.96 Å². The molecular weight excluding hydrogens is 214 g/mol. The molecule has 1 rings (SSSR count). The molecule has 0 atom stereocenters. The molecule has 100 valence electrons. The Bertz CT molecular complexity index is 247. The summed E-state index contributed by atoms with van der Waals surface area (Å²) in [4.78, 5) is 4.22. The Hall–Kier alpha value is -0.770. The second-order valence-corrected chi connectivity index (χ2v) is 5.17. The number of rotatable bonds is 7. The number of nitrogens with zero attached hydrogens (tertiary/aromatic N) is 1. The van der Waals surface area contributed by atoms with Crippen LogP contribution in [-0.2, 0) is 4.74 Å². The minimum absolute atomic E-state index is 0.416. The van der Waals surface area contributed by atoms with E-state index in [1.165, 1.54) is 12.8 Å². The first kappa shape index (κ1) is 14.3. The molecule has 0 aromatic rings. The highest BCUT2D eigenvalue weighted by molar-refractivity contribution is 5.79. The molecule has 0 aromatic carbocycles. The summed E-state index contributed by atoms with van der Waals surface area (Å²) in [6, 6.07) is 0.416. The quantitative estimate of drug-likeness (QED) is 0.406. The van der Waals surface area contributed by atoms with Gasteiger partial charge in [0.2, 0.25) is 0 Å². The van der Waals surface area contributed by atoms with Gasteiger partial charge in [0.1, 0.15) is 0 Å². The van der Waals surface area contributed by atoms with Crippen LogP contribution in [0.5, 0.6) is 0 Å². The van der Waals surface area contributed by atoms with Crippen LogP contribution in [0.3, 0.4) is 0 Å². The van der Waals surface area contributed by atoms with Crippen molar-refractivity contribution >= 4 is 5.96 Å². The molecule has 0 aromatic heterocycles. The van der Waals surface area contributed by atoms with Crippen LogP contribution in [0.1, 0.15) is 40.0 Å². The van der Waals surface area contributed by atoms with Crippen molar-refractivity contribution in [3.63, 3.8) is 0 Å². The number of ether oxygens (including phenoxy) is 1. The van der Waals surface area contributed by atoms with E-state index in [0.717, 1.165) is 32.1 Å². The van der Waals surface area contributed by atoms with E-state index in [1.807, 2.05) is 14.0 Å². The molecular formula is C13H27N3O. The van der Waals surface area contributed by atoms with E-state index in [9.17, 15) is 0 Å². The lowest BCUT2D eigenvalue weighted by atomic mass is 10.0. The average Bonchev–Trinajstić information content (AvgIpc) is 3.05. The summed E-state index contributed by atoms with van der Waals surface area (Å²) in [5, 5.41) is 6.72. The Balaban J connectivity index is 2.24. The van der Waals surface area contributed by atoms with Crippen LogP contribution >= 0.6 is 0 Å². The first-order valence-electron chi connectivity index (χ1n) is 6.67. The van der Waals surface area contributed by atoms with Crippen molar-refractivity contribution in [1.82, 2.24) is 10.6 Å². The van der Waals surface area contributed by atoms with Crippen molar-refractivity contribution in [2.75, 3.05) is 26.8 Å². The minimum atomic E-state index is 0.416. The topological polar surface area (TPSA) is 45.6 Å². The van der Waals surface area contributed by atoms with Crippen LogP contribution in [0.4, 0.5) is 0 Å². The van der Waals surface area contributed by atoms with E-state index < -0.39 is 0 Å². The molecule has 0 aliphatic heterocycles. The number of guanidine groups is 1. The van der Waals surface area contributed by atoms with Crippen LogP contribution in [0.25, 0.3) is 0 Å². The molecule has 0 bridgehead atoms. The van der Waals surface area contributed by atoms with Gasteiger partial charge in [0.05, 0.1) is 0 Å². The van der Waals surface area contributed by atoms with E-state index in [2.05, 4.69) is 29.5 Å². The minimum Gasteiger partial charge on any atom is -0.382 e. The second-order valence-electron chi connectivity index (χ2n) is 5.17. The molecule has 2 N–H and O–H groups in total. The summed E-state index contributed by atoms with van der Waals surface area (Å²) in [5.74, 6) is 0.905. The van der Waals surface area contributed by atoms with Crippen LogP contribution in [0.15, 0.2) is 4.99 Å². The molecule has 4 nitrogen and oxygen atoms in total. The summed E-state index contributed by atoms with van der Waals surface area (Å²) in [6.45, 7) is 9.00. The molecule has 1 saturated carbocycles. The van der Waals surface area contributed by atoms with Crippen LogP contribution in [-0.4, -0.2) is 38.8 Å². The number of hydrogen-bond donors (Lipinski definition) is 2. The Morgan fingerprint density at radius 1 is 1.41 bits per heavy atom. The first-order valence-corrected chi connectivity index (χ1v) is 6.67. The zero-order chi connectivity index (χ0) is 12.7. The van der Waals surface area contributed by atoms with Gasteiger partial charge in [0.25, 0.3) is 0 Å². The molecule has 1 aliphatic rings. The highest BCUT2D eigenvalue weighted by Gasteiger charge is 2.41. The van der Waals surface area contributed by atoms with E-state index in [-0.39, 0.29) is 0 Å². The molecule has 1 aliphatic carbocycles. The molecule has 0 radical (unpaired) electrons. The third-order valence-electron chi connectivity index (χ3n) is 3.22. The highest BCUT2D eigenvalue weighted by atomic mass is 16.5. The number of nitrogens with one attached hydrogen (secondary N) is 2. The third kappa shape index (κ3) is 5.39. The zero-order valence-electron chi connectivity index (χ0n) is 11.7. The lowest BCUT2D eigenvalue weighted by Gasteiger charge is -2.19. The van der Waals surface area contributed by atoms with Crippen molar-refractivity contribution in [3.05, 3.63) is 0 Å². The molecule has 0 spiro atoms. The molecule has 17 heavy (non-hydrogen) atoms. The van der Waals surface area contributed by atoms with Crippen molar-refractivity contribution in [3.8, 4) is 0 Å². The van der Waals surface area contributed by atoms with Gasteiger partial charge in [-0.25, -0.2) is 0 Å². The Kier molecular flexibility index (Phi) is 5.75. The summed E-state index contributed by atoms with van der Waals surface area (Å²) in [5.41, 5.74) is 0.462. The standard InChI is InChI=1S/C13H27N3O/c1-5-17-9-8-13(6-7-13)10-15-12(14-4)16-11(2)3/h11H,5-10H2,1-4H3,(H2,14,15,16). The molecule has 0 saturated heterocycles. The van der Waals surface area contributed by atoms with Crippen molar-refractivity contribution < 1.29 is 4.74 Å². The smallest absolute Gasteiger partial charge is 0.191 e. The fourth-order valence-electron chi connectivity index (χ4n) is 1.86. The maximum atomic E-state index is 5.43. The zero-order valence-corrected chi connectivity index (χ0v) is 11.7. The molecule has 0 heterocycles. The maximum absolute atomic E-state index is 5.43. The maximum Gasteiger partial charge on any atom is 0.191 e. The van der Waals surface area contributed by atoms with Gasteiger partial charge >= 0.3 is 0 Å². The lowest BCUT2D eigenvalue weighted by molar-refractivity contribution is 0.128. The molecule has 4 heteroatoms. The molecule has 0 unspecified atom stereocenters. The number of aliphatic imine (C=N–C) groups is 1. The van der Waals surface area contributed by atoms with Gasteiger partial charge in [0, 0.05) is 32.8 Å². The first-order chi connectivity index (χ1) is 8.12. The van der Waals surface area contributed by atoms with E-state index in [1.54, 1.807) is 0 Å². The van der Waals surface area contributed by atoms with Crippen molar-refractivity contribution in [2.24, 2.45) is 10.4 Å². The summed E-state index contributed by atoms with van der Waals surface area (Å²) >= 11 is 0. The van der Waals surface area contributed by atoms with Gasteiger partial charge in [-0.05, 0) is 45.4 Å². The fraction of sp³-hybridized carbons (Fsp3) is 0.923. The van der Waals surface area contributed by atoms with Crippen molar-refractivity contribution in [2.45, 2.75) is 46.1 Å². The van der Waals surface area contributed by atoms with E-state index in [0.29, 0.717) is 11.5 Å². The Labute approximate surface area is 105 Å². The van der Waals surface area contributed by atoms with Gasteiger partial charge < -0.3 is 15.4 Å². The highest BCUT2D eigenvalue weighted by Crippen LogP contribution is 2.48. The third-order valence-corrected chi connectivity index (χ3v) is 3.22. The monoisotopic (exact) mass is 241 g/mol. The SMILES string of the molecule is CCOCCC1(CNC(=NC)NC(C)C)CC1. The van der Waals surface area contributed by atoms with Crippen LogP contribution in [0.2, 0.25) is 0 Å². The lowest BCUT2D eigenvalue weighted by Crippen LogP contribution is -2.43. The normalized spacial score (nSPS) is 18.3. The largest absolute Gasteiger partial charge is 0.382 e. The number of hydrogen-bond acceptors (Lipinski definition) is 2. The van der Waals surface area contributed by atoms with Gasteiger partial charge in [-0.3, -0.25) is 4.99 Å². The van der Waals surface area contributed by atoms with Crippen LogP contribution < -0.4 is 10.6 Å². The predicted molar refractivity (Wildman–Crippen MR) is 72.4 cm³/mol. The van der Waals surface area contributed by atoms with E-state index >= 15 is 0 Å². The van der Waals surface area contributed by atoms with Gasteiger partial charge in [-0.15, -0.1) is 0 Å². The second kappa shape index (κ2) is 6.84. The van der Waals surface area contributed by atoms with Gasteiger partial charge in [-0.1, -0.05) is 0 Å². The summed E-state index contributed by atoms with van der Waals surface area (Å²) < 4.78 is 5.43. The predicted octanol–water partition coefficient (Wildman–Crippen LogP) is 1.77. The average molecular weight is 241 g/mol. The van der Waals surface area contributed by atoms with Gasteiger partial charge in [-0.2, -0.15) is 0 Å². The Morgan fingerprint density at radius 3 is 2.59 bits per heavy atom. The summed E-state index contributed by atoms with van der Waals surface area (Å²) in [6.07, 6.45) is 3.78. The van der Waals surface area contributed by atoms with E-state index in [4.69, 9.17) is 4.74 Å². The summed E-state index contributed by atoms with van der Waals surface area (Å²) in [7, 11) is 1.82. The molecule has 1 fully saturated rings. The van der Waals surface area contributed by atoms with Crippen molar-refractivity contribution in [1.29, 1.82) is 0 Å². The molecule has 0 amide bonds. The fourth-order valence-corrected chi connectivity index (χ4v) is 1.86.